The molecule has 0 saturated carbocycles. The molecule has 0 radical (unpaired) electrons. The highest BCUT2D eigenvalue weighted by Crippen LogP contribution is 2.37. The van der Waals surface area contributed by atoms with E-state index in [4.69, 9.17) is 0 Å². The minimum absolute atomic E-state index is 0.0851. The van der Waals surface area contributed by atoms with Gasteiger partial charge in [0.05, 0.1) is 0 Å². The first-order chi connectivity index (χ1) is 9.79. The smallest absolute Gasteiger partial charge is 0.170 e. The summed E-state index contributed by atoms with van der Waals surface area (Å²) in [5.41, 5.74) is 3.45. The van der Waals surface area contributed by atoms with Crippen LogP contribution in [-0.2, 0) is 12.8 Å². The number of thiophene rings is 1. The van der Waals surface area contributed by atoms with E-state index in [1.54, 1.807) is 11.3 Å². The lowest BCUT2D eigenvalue weighted by atomic mass is 9.82. The fraction of sp³-hybridized carbons (Fsp3) is 0.389. The SMILES string of the molecule is CCCc1cccc(C(=O)C2CCCc3sccc32)c1. The van der Waals surface area contributed by atoms with E-state index in [2.05, 4.69) is 30.5 Å². The molecule has 3 rings (SSSR count). The van der Waals surface area contributed by atoms with Crippen molar-refractivity contribution < 1.29 is 4.79 Å². The molecule has 1 aliphatic rings. The summed E-state index contributed by atoms with van der Waals surface area (Å²) < 4.78 is 0. The fourth-order valence-electron chi connectivity index (χ4n) is 3.13. The quantitative estimate of drug-likeness (QED) is 0.722. The average Bonchev–Trinajstić information content (AvgIpc) is 2.95. The molecule has 0 bridgehead atoms. The van der Waals surface area contributed by atoms with Crippen LogP contribution in [0.4, 0.5) is 0 Å². The van der Waals surface area contributed by atoms with Gasteiger partial charge in [-0.3, -0.25) is 4.79 Å². The van der Waals surface area contributed by atoms with Crippen LogP contribution in [0.1, 0.15) is 58.5 Å². The van der Waals surface area contributed by atoms with E-state index in [9.17, 15) is 4.79 Å². The maximum absolute atomic E-state index is 12.8. The van der Waals surface area contributed by atoms with Crippen molar-refractivity contribution in [3.8, 4) is 0 Å². The lowest BCUT2D eigenvalue weighted by molar-refractivity contribution is 0.0951. The maximum Gasteiger partial charge on any atom is 0.170 e. The summed E-state index contributed by atoms with van der Waals surface area (Å²) >= 11 is 1.80. The van der Waals surface area contributed by atoms with Crippen molar-refractivity contribution in [2.75, 3.05) is 0 Å². The monoisotopic (exact) mass is 284 g/mol. The fourth-order valence-corrected chi connectivity index (χ4v) is 4.12. The highest BCUT2D eigenvalue weighted by molar-refractivity contribution is 7.10. The lowest BCUT2D eigenvalue weighted by Crippen LogP contribution is -2.17. The number of Topliss-reactive ketones (excluding diaryl/α,β-unsaturated/α-hetero) is 1. The Kier molecular flexibility index (Phi) is 4.02. The first-order valence-electron chi connectivity index (χ1n) is 7.49. The Labute approximate surface area is 124 Å². The van der Waals surface area contributed by atoms with E-state index < -0.39 is 0 Å². The van der Waals surface area contributed by atoms with Gasteiger partial charge in [-0.1, -0.05) is 31.5 Å². The van der Waals surface area contributed by atoms with Crippen LogP contribution in [0.5, 0.6) is 0 Å². The standard InChI is InChI=1S/C18H20OS/c1-2-5-13-6-3-7-14(12-13)18(19)16-8-4-9-17-15(16)10-11-20-17/h3,6-7,10-12,16H,2,4-5,8-9H2,1H3. The first kappa shape index (κ1) is 13.6. The Morgan fingerprint density at radius 2 is 2.25 bits per heavy atom. The summed E-state index contributed by atoms with van der Waals surface area (Å²) in [5, 5.41) is 2.13. The minimum Gasteiger partial charge on any atom is -0.293 e. The molecule has 104 valence electrons. The Balaban J connectivity index is 1.89. The molecule has 0 fully saturated rings. The molecule has 2 aromatic rings. The van der Waals surface area contributed by atoms with Crippen LogP contribution in [-0.4, -0.2) is 5.78 Å². The third-order valence-corrected chi connectivity index (χ3v) is 5.12. The number of benzene rings is 1. The van der Waals surface area contributed by atoms with Gasteiger partial charge in [-0.2, -0.15) is 0 Å². The van der Waals surface area contributed by atoms with Gasteiger partial charge in [-0.05, 0) is 54.3 Å². The van der Waals surface area contributed by atoms with Gasteiger partial charge in [-0.15, -0.1) is 11.3 Å². The number of fused-ring (bicyclic) bond motifs is 1. The number of hydrogen-bond donors (Lipinski definition) is 0. The largest absolute Gasteiger partial charge is 0.293 e. The van der Waals surface area contributed by atoms with Gasteiger partial charge in [0.15, 0.2) is 5.78 Å². The summed E-state index contributed by atoms with van der Waals surface area (Å²) in [5.74, 6) is 0.393. The van der Waals surface area contributed by atoms with E-state index in [0.29, 0.717) is 5.78 Å². The van der Waals surface area contributed by atoms with E-state index in [1.807, 2.05) is 12.1 Å². The lowest BCUT2D eigenvalue weighted by Gasteiger charge is -2.21. The molecular weight excluding hydrogens is 264 g/mol. The second-order valence-corrected chi connectivity index (χ2v) is 6.56. The normalized spacial score (nSPS) is 17.8. The molecule has 1 heterocycles. The number of hydrogen-bond acceptors (Lipinski definition) is 2. The van der Waals surface area contributed by atoms with Crippen LogP contribution in [0, 0.1) is 0 Å². The summed E-state index contributed by atoms with van der Waals surface area (Å²) in [6.07, 6.45) is 5.46. The van der Waals surface area contributed by atoms with Gasteiger partial charge >= 0.3 is 0 Å². The zero-order valence-electron chi connectivity index (χ0n) is 11.9. The molecule has 1 unspecified atom stereocenters. The van der Waals surface area contributed by atoms with Gasteiger partial charge in [0.1, 0.15) is 0 Å². The Morgan fingerprint density at radius 3 is 3.10 bits per heavy atom. The summed E-state index contributed by atoms with van der Waals surface area (Å²) in [6.45, 7) is 2.17. The minimum atomic E-state index is 0.0851. The van der Waals surface area contributed by atoms with Crippen LogP contribution >= 0.6 is 11.3 Å². The summed E-state index contributed by atoms with van der Waals surface area (Å²) in [6, 6.07) is 10.4. The highest BCUT2D eigenvalue weighted by atomic mass is 32.1. The molecule has 1 aromatic heterocycles. The van der Waals surface area contributed by atoms with Gasteiger partial charge in [0, 0.05) is 16.4 Å². The van der Waals surface area contributed by atoms with E-state index in [0.717, 1.165) is 37.7 Å². The maximum atomic E-state index is 12.8. The Hall–Kier alpha value is -1.41. The molecule has 1 aliphatic carbocycles. The summed E-state index contributed by atoms with van der Waals surface area (Å²) in [4.78, 5) is 14.2. The molecule has 2 heteroatoms. The first-order valence-corrected chi connectivity index (χ1v) is 8.37. The number of carbonyl (C=O) groups is 1. The average molecular weight is 284 g/mol. The Bertz CT molecular complexity index is 611. The zero-order chi connectivity index (χ0) is 13.9. The molecule has 1 atom stereocenters. The summed E-state index contributed by atoms with van der Waals surface area (Å²) in [7, 11) is 0. The van der Waals surface area contributed by atoms with Crippen molar-refractivity contribution in [1.82, 2.24) is 0 Å². The molecule has 1 aromatic carbocycles. The molecule has 1 nitrogen and oxygen atoms in total. The molecular formula is C18H20OS. The number of rotatable bonds is 4. The topological polar surface area (TPSA) is 17.1 Å². The second kappa shape index (κ2) is 5.92. The van der Waals surface area contributed by atoms with Crippen LogP contribution in [0.2, 0.25) is 0 Å². The van der Waals surface area contributed by atoms with Crippen molar-refractivity contribution in [3.63, 3.8) is 0 Å². The zero-order valence-corrected chi connectivity index (χ0v) is 12.7. The van der Waals surface area contributed by atoms with Crippen LogP contribution in [0.25, 0.3) is 0 Å². The predicted molar refractivity (Wildman–Crippen MR) is 84.8 cm³/mol. The molecule has 0 N–H and O–H groups in total. The number of aryl methyl sites for hydroxylation is 2. The van der Waals surface area contributed by atoms with Gasteiger partial charge in [0.25, 0.3) is 0 Å². The van der Waals surface area contributed by atoms with Crippen molar-refractivity contribution in [2.45, 2.75) is 44.9 Å². The van der Waals surface area contributed by atoms with Crippen molar-refractivity contribution in [2.24, 2.45) is 0 Å². The molecule has 0 amide bonds. The highest BCUT2D eigenvalue weighted by Gasteiger charge is 2.27. The van der Waals surface area contributed by atoms with E-state index in [-0.39, 0.29) is 5.92 Å². The molecule has 20 heavy (non-hydrogen) atoms. The molecule has 0 saturated heterocycles. The van der Waals surface area contributed by atoms with E-state index >= 15 is 0 Å². The van der Waals surface area contributed by atoms with Crippen molar-refractivity contribution in [3.05, 3.63) is 57.3 Å². The predicted octanol–water partition coefficient (Wildman–Crippen LogP) is 5.00. The van der Waals surface area contributed by atoms with Crippen molar-refractivity contribution in [1.29, 1.82) is 0 Å². The van der Waals surface area contributed by atoms with E-state index in [1.165, 1.54) is 16.0 Å². The van der Waals surface area contributed by atoms with Gasteiger partial charge in [0.2, 0.25) is 0 Å². The van der Waals surface area contributed by atoms with Gasteiger partial charge < -0.3 is 0 Å². The van der Waals surface area contributed by atoms with Crippen LogP contribution < -0.4 is 0 Å². The van der Waals surface area contributed by atoms with Gasteiger partial charge in [-0.25, -0.2) is 0 Å². The van der Waals surface area contributed by atoms with Crippen molar-refractivity contribution >= 4 is 17.1 Å². The van der Waals surface area contributed by atoms with Crippen LogP contribution in [0.15, 0.2) is 35.7 Å². The number of ketones is 1. The molecule has 0 spiro atoms. The number of carbonyl (C=O) groups excluding carboxylic acids is 1. The third kappa shape index (κ3) is 2.57. The van der Waals surface area contributed by atoms with Crippen LogP contribution in [0.3, 0.4) is 0 Å². The Morgan fingerprint density at radius 1 is 1.35 bits per heavy atom. The molecule has 0 aliphatic heterocycles. The second-order valence-electron chi connectivity index (χ2n) is 5.56. The third-order valence-electron chi connectivity index (χ3n) is 4.12.